The van der Waals surface area contributed by atoms with Crippen molar-refractivity contribution in [2.24, 2.45) is 5.73 Å². The van der Waals surface area contributed by atoms with Gasteiger partial charge in [-0.1, -0.05) is 6.92 Å². The van der Waals surface area contributed by atoms with E-state index in [1.807, 2.05) is 0 Å². The van der Waals surface area contributed by atoms with Gasteiger partial charge in [-0.2, -0.15) is 0 Å². The number of aliphatic hydroxyl groups excluding tert-OH is 1. The van der Waals surface area contributed by atoms with Crippen LogP contribution in [0.15, 0.2) is 0 Å². The molecule has 3 heteroatoms. The van der Waals surface area contributed by atoms with Crippen LogP contribution in [0.3, 0.4) is 0 Å². The van der Waals surface area contributed by atoms with E-state index in [9.17, 15) is 0 Å². The lowest BCUT2D eigenvalue weighted by Gasteiger charge is -2.26. The van der Waals surface area contributed by atoms with Crippen LogP contribution in [0.1, 0.15) is 33.6 Å². The largest absolute Gasteiger partial charge is 0.379 e. The minimum atomic E-state index is -0.664. The molecule has 1 atom stereocenters. The lowest BCUT2D eigenvalue weighted by atomic mass is 10.2. The van der Waals surface area contributed by atoms with Crippen LogP contribution in [0, 0.1) is 0 Å². The SMILES string of the molecule is CCCN(CCC(N)O)C(C)C. The fraction of sp³-hybridized carbons (Fsp3) is 1.00. The van der Waals surface area contributed by atoms with Crippen molar-refractivity contribution in [2.45, 2.75) is 45.9 Å². The van der Waals surface area contributed by atoms with E-state index < -0.39 is 6.23 Å². The zero-order valence-electron chi connectivity index (χ0n) is 8.45. The van der Waals surface area contributed by atoms with E-state index in [1.54, 1.807) is 0 Å². The van der Waals surface area contributed by atoms with Gasteiger partial charge in [-0.3, -0.25) is 0 Å². The topological polar surface area (TPSA) is 49.5 Å². The molecule has 3 N–H and O–H groups in total. The van der Waals surface area contributed by atoms with Gasteiger partial charge >= 0.3 is 0 Å². The van der Waals surface area contributed by atoms with E-state index in [4.69, 9.17) is 10.8 Å². The van der Waals surface area contributed by atoms with Crippen LogP contribution in [-0.4, -0.2) is 35.4 Å². The molecule has 0 rings (SSSR count). The lowest BCUT2D eigenvalue weighted by molar-refractivity contribution is 0.134. The second-order valence-corrected chi connectivity index (χ2v) is 3.49. The minimum absolute atomic E-state index is 0.545. The molecule has 0 aliphatic rings. The van der Waals surface area contributed by atoms with Gasteiger partial charge < -0.3 is 15.7 Å². The summed E-state index contributed by atoms with van der Waals surface area (Å²) in [6.45, 7) is 8.47. The zero-order valence-corrected chi connectivity index (χ0v) is 8.45. The third kappa shape index (κ3) is 5.52. The molecule has 0 aromatic heterocycles. The van der Waals surface area contributed by atoms with Gasteiger partial charge in [0.25, 0.3) is 0 Å². The summed E-state index contributed by atoms with van der Waals surface area (Å²) in [6, 6.07) is 0.545. The first-order valence-corrected chi connectivity index (χ1v) is 4.75. The number of rotatable bonds is 6. The van der Waals surface area contributed by atoms with Gasteiger partial charge in [0.05, 0.1) is 0 Å². The molecule has 0 aromatic carbocycles. The Labute approximate surface area is 75.6 Å². The van der Waals surface area contributed by atoms with E-state index in [2.05, 4.69) is 25.7 Å². The molecule has 3 nitrogen and oxygen atoms in total. The Kier molecular flexibility index (Phi) is 6.34. The van der Waals surface area contributed by atoms with Crippen LogP contribution < -0.4 is 5.73 Å². The molecule has 0 fully saturated rings. The Morgan fingerprint density at radius 3 is 2.25 bits per heavy atom. The predicted molar refractivity (Wildman–Crippen MR) is 51.8 cm³/mol. The van der Waals surface area contributed by atoms with Gasteiger partial charge in [-0.05, 0) is 33.2 Å². The van der Waals surface area contributed by atoms with Crippen LogP contribution in [0.4, 0.5) is 0 Å². The quantitative estimate of drug-likeness (QED) is 0.585. The van der Waals surface area contributed by atoms with Crippen molar-refractivity contribution in [1.29, 1.82) is 0 Å². The fourth-order valence-electron chi connectivity index (χ4n) is 1.21. The zero-order chi connectivity index (χ0) is 9.56. The first-order valence-electron chi connectivity index (χ1n) is 4.75. The Balaban J connectivity index is 3.63. The van der Waals surface area contributed by atoms with Crippen molar-refractivity contribution in [3.63, 3.8) is 0 Å². The van der Waals surface area contributed by atoms with Crippen molar-refractivity contribution in [3.05, 3.63) is 0 Å². The van der Waals surface area contributed by atoms with Crippen molar-refractivity contribution >= 4 is 0 Å². The average Bonchev–Trinajstić information content (AvgIpc) is 1.96. The van der Waals surface area contributed by atoms with Crippen molar-refractivity contribution in [1.82, 2.24) is 4.90 Å². The Bertz CT molecular complexity index is 105. The molecule has 0 heterocycles. The molecule has 0 amide bonds. The van der Waals surface area contributed by atoms with Gasteiger partial charge in [0.15, 0.2) is 0 Å². The molecule has 0 bridgehead atoms. The summed E-state index contributed by atoms with van der Waals surface area (Å²) in [4.78, 5) is 2.33. The first kappa shape index (κ1) is 11.9. The molecule has 0 radical (unpaired) electrons. The van der Waals surface area contributed by atoms with Gasteiger partial charge in [0.2, 0.25) is 0 Å². The molecule has 0 aliphatic heterocycles. The smallest absolute Gasteiger partial charge is 0.103 e. The summed E-state index contributed by atoms with van der Waals surface area (Å²) in [5.74, 6) is 0. The molecule has 12 heavy (non-hydrogen) atoms. The van der Waals surface area contributed by atoms with Crippen LogP contribution in [-0.2, 0) is 0 Å². The second-order valence-electron chi connectivity index (χ2n) is 3.49. The summed E-state index contributed by atoms with van der Waals surface area (Å²) in [5, 5.41) is 8.90. The monoisotopic (exact) mass is 174 g/mol. The van der Waals surface area contributed by atoms with Crippen LogP contribution in [0.5, 0.6) is 0 Å². The standard InChI is InChI=1S/C9H22N2O/c1-4-6-11(8(2)3)7-5-9(10)12/h8-9,12H,4-7,10H2,1-3H3. The minimum Gasteiger partial charge on any atom is -0.379 e. The van der Waals surface area contributed by atoms with Gasteiger partial charge in [0.1, 0.15) is 6.23 Å². The number of aliphatic hydroxyl groups is 1. The molecule has 0 saturated carbocycles. The number of hydrogen-bond acceptors (Lipinski definition) is 3. The normalized spacial score (nSPS) is 14.2. The van der Waals surface area contributed by atoms with Crippen LogP contribution >= 0.6 is 0 Å². The van der Waals surface area contributed by atoms with E-state index in [0.29, 0.717) is 12.5 Å². The van der Waals surface area contributed by atoms with E-state index in [1.165, 1.54) is 0 Å². The maximum Gasteiger partial charge on any atom is 0.103 e. The number of nitrogens with two attached hydrogens (primary N) is 1. The summed E-state index contributed by atoms with van der Waals surface area (Å²) >= 11 is 0. The van der Waals surface area contributed by atoms with Crippen LogP contribution in [0.25, 0.3) is 0 Å². The molecular formula is C9H22N2O. The second kappa shape index (κ2) is 6.40. The van der Waals surface area contributed by atoms with E-state index in [0.717, 1.165) is 19.5 Å². The highest BCUT2D eigenvalue weighted by atomic mass is 16.3. The lowest BCUT2D eigenvalue weighted by Crippen LogP contribution is -2.35. The van der Waals surface area contributed by atoms with Crippen molar-refractivity contribution in [3.8, 4) is 0 Å². The highest BCUT2D eigenvalue weighted by Gasteiger charge is 2.08. The van der Waals surface area contributed by atoms with Gasteiger partial charge in [-0.25, -0.2) is 0 Å². The highest BCUT2D eigenvalue weighted by Crippen LogP contribution is 2.01. The Hall–Kier alpha value is -0.120. The summed E-state index contributed by atoms with van der Waals surface area (Å²) < 4.78 is 0. The fourth-order valence-corrected chi connectivity index (χ4v) is 1.21. The first-order chi connectivity index (χ1) is 5.57. The van der Waals surface area contributed by atoms with E-state index in [-0.39, 0.29) is 0 Å². The molecule has 0 aromatic rings. The summed E-state index contributed by atoms with van der Waals surface area (Å²) in [6.07, 6.45) is 1.15. The Morgan fingerprint density at radius 1 is 1.33 bits per heavy atom. The molecule has 0 aliphatic carbocycles. The maximum absolute atomic E-state index is 8.90. The molecule has 1 unspecified atom stereocenters. The Morgan fingerprint density at radius 2 is 1.92 bits per heavy atom. The molecule has 74 valence electrons. The molecule has 0 saturated heterocycles. The third-order valence-corrected chi connectivity index (χ3v) is 1.95. The third-order valence-electron chi connectivity index (χ3n) is 1.95. The van der Waals surface area contributed by atoms with Crippen molar-refractivity contribution < 1.29 is 5.11 Å². The van der Waals surface area contributed by atoms with Gasteiger partial charge in [0, 0.05) is 12.6 Å². The van der Waals surface area contributed by atoms with Gasteiger partial charge in [-0.15, -0.1) is 0 Å². The predicted octanol–water partition coefficient (Wildman–Crippen LogP) is 0.774. The highest BCUT2D eigenvalue weighted by molar-refractivity contribution is 4.62. The molecule has 0 spiro atoms. The number of nitrogens with zero attached hydrogens (tertiary/aromatic N) is 1. The van der Waals surface area contributed by atoms with Crippen LogP contribution in [0.2, 0.25) is 0 Å². The number of hydrogen-bond donors (Lipinski definition) is 2. The van der Waals surface area contributed by atoms with E-state index >= 15 is 0 Å². The summed E-state index contributed by atoms with van der Waals surface area (Å²) in [5.41, 5.74) is 5.27. The summed E-state index contributed by atoms with van der Waals surface area (Å²) in [7, 11) is 0. The maximum atomic E-state index is 8.90. The van der Waals surface area contributed by atoms with Crippen molar-refractivity contribution in [2.75, 3.05) is 13.1 Å². The average molecular weight is 174 g/mol. The molecular weight excluding hydrogens is 152 g/mol.